The molecule has 3 nitrogen and oxygen atoms in total. The summed E-state index contributed by atoms with van der Waals surface area (Å²) >= 11 is 7.54. The van der Waals surface area contributed by atoms with Crippen molar-refractivity contribution < 1.29 is 4.79 Å². The Morgan fingerprint density at radius 1 is 1.08 bits per heavy atom. The Hall–Kier alpha value is -2.17. The fraction of sp³-hybridized carbons (Fsp3) is 0.200. The van der Waals surface area contributed by atoms with Crippen LogP contribution in [0.4, 0.5) is 5.13 Å². The molecule has 0 bridgehead atoms. The highest BCUT2D eigenvalue weighted by Crippen LogP contribution is 2.32. The van der Waals surface area contributed by atoms with Crippen LogP contribution in [-0.4, -0.2) is 10.9 Å². The van der Waals surface area contributed by atoms with Crippen molar-refractivity contribution in [3.8, 4) is 11.3 Å². The molecule has 0 aliphatic carbocycles. The average molecular weight is 371 g/mol. The van der Waals surface area contributed by atoms with Gasteiger partial charge in [0.05, 0.1) is 5.69 Å². The minimum atomic E-state index is -0.124. The van der Waals surface area contributed by atoms with Gasteiger partial charge in [0.1, 0.15) is 0 Å². The Balaban J connectivity index is 1.90. The average Bonchev–Trinajstić information content (AvgIpc) is 2.86. The van der Waals surface area contributed by atoms with E-state index < -0.39 is 0 Å². The van der Waals surface area contributed by atoms with E-state index in [4.69, 9.17) is 11.6 Å². The smallest absolute Gasteiger partial charge is 0.257 e. The molecule has 1 aromatic heterocycles. The number of nitrogens with zero attached hydrogens (tertiary/aromatic N) is 1. The van der Waals surface area contributed by atoms with Crippen LogP contribution in [0.1, 0.15) is 31.9 Å². The number of nitrogens with one attached hydrogen (secondary N) is 1. The van der Waals surface area contributed by atoms with Crippen molar-refractivity contribution in [2.24, 2.45) is 0 Å². The summed E-state index contributed by atoms with van der Waals surface area (Å²) < 4.78 is 0. The van der Waals surface area contributed by atoms with Gasteiger partial charge in [-0.2, -0.15) is 0 Å². The van der Waals surface area contributed by atoms with Crippen molar-refractivity contribution in [3.05, 3.63) is 68.6 Å². The van der Waals surface area contributed by atoms with Gasteiger partial charge in [0.2, 0.25) is 0 Å². The van der Waals surface area contributed by atoms with Crippen LogP contribution in [0.25, 0.3) is 11.3 Å². The number of benzene rings is 2. The lowest BCUT2D eigenvalue weighted by Crippen LogP contribution is -2.15. The SMILES string of the molecule is Cc1cc(C)c(C(=O)Nc2nc(-c3cccc(Cl)c3)c(C)s2)c(C)c1. The molecule has 5 heteroatoms. The second kappa shape index (κ2) is 6.98. The Kier molecular flexibility index (Phi) is 4.93. The highest BCUT2D eigenvalue weighted by Gasteiger charge is 2.16. The fourth-order valence-electron chi connectivity index (χ4n) is 3.05. The summed E-state index contributed by atoms with van der Waals surface area (Å²) in [4.78, 5) is 18.3. The Labute approximate surface area is 156 Å². The quantitative estimate of drug-likeness (QED) is 0.619. The van der Waals surface area contributed by atoms with E-state index in [1.807, 2.05) is 64.1 Å². The number of anilines is 1. The number of rotatable bonds is 3. The summed E-state index contributed by atoms with van der Waals surface area (Å²) in [6, 6.07) is 11.6. The van der Waals surface area contributed by atoms with E-state index >= 15 is 0 Å². The predicted octanol–water partition coefficient (Wildman–Crippen LogP) is 5.95. The molecular weight excluding hydrogens is 352 g/mol. The molecule has 25 heavy (non-hydrogen) atoms. The Morgan fingerprint density at radius 2 is 1.76 bits per heavy atom. The van der Waals surface area contributed by atoms with E-state index in [0.29, 0.717) is 15.7 Å². The molecule has 3 aromatic rings. The van der Waals surface area contributed by atoms with Crippen molar-refractivity contribution in [2.45, 2.75) is 27.7 Å². The van der Waals surface area contributed by atoms with Gasteiger partial charge < -0.3 is 0 Å². The summed E-state index contributed by atoms with van der Waals surface area (Å²) in [6.07, 6.45) is 0. The molecule has 0 radical (unpaired) electrons. The zero-order valence-electron chi connectivity index (χ0n) is 14.6. The van der Waals surface area contributed by atoms with E-state index in [9.17, 15) is 4.79 Å². The number of aromatic nitrogens is 1. The highest BCUT2D eigenvalue weighted by atomic mass is 35.5. The van der Waals surface area contributed by atoms with Gasteiger partial charge in [0, 0.05) is 21.0 Å². The first-order valence-electron chi connectivity index (χ1n) is 7.97. The summed E-state index contributed by atoms with van der Waals surface area (Å²) in [7, 11) is 0. The van der Waals surface area contributed by atoms with Gasteiger partial charge in [0.25, 0.3) is 5.91 Å². The highest BCUT2D eigenvalue weighted by molar-refractivity contribution is 7.16. The molecule has 0 atom stereocenters. The van der Waals surface area contributed by atoms with E-state index in [1.165, 1.54) is 11.3 Å². The molecule has 0 saturated carbocycles. The number of carbonyl (C=O) groups excluding carboxylic acids is 1. The summed E-state index contributed by atoms with van der Waals surface area (Å²) in [5.41, 5.74) is 5.60. The van der Waals surface area contributed by atoms with Crippen molar-refractivity contribution >= 4 is 34.0 Å². The van der Waals surface area contributed by atoms with E-state index in [1.54, 1.807) is 0 Å². The minimum Gasteiger partial charge on any atom is -0.298 e. The first-order chi connectivity index (χ1) is 11.8. The molecule has 0 fully saturated rings. The lowest BCUT2D eigenvalue weighted by Gasteiger charge is -2.10. The normalized spacial score (nSPS) is 10.8. The second-order valence-corrected chi connectivity index (χ2v) is 7.80. The molecule has 3 rings (SSSR count). The van der Waals surface area contributed by atoms with Gasteiger partial charge in [-0.3, -0.25) is 10.1 Å². The molecule has 1 N–H and O–H groups in total. The molecule has 0 unspecified atom stereocenters. The lowest BCUT2D eigenvalue weighted by atomic mass is 9.99. The van der Waals surface area contributed by atoms with Crippen LogP contribution in [0.3, 0.4) is 0 Å². The zero-order chi connectivity index (χ0) is 18.1. The van der Waals surface area contributed by atoms with Crippen LogP contribution < -0.4 is 5.32 Å². The van der Waals surface area contributed by atoms with Gasteiger partial charge in [-0.05, 0) is 51.0 Å². The zero-order valence-corrected chi connectivity index (χ0v) is 16.2. The van der Waals surface area contributed by atoms with Gasteiger partial charge in [0.15, 0.2) is 5.13 Å². The van der Waals surface area contributed by atoms with Crippen LogP contribution in [0, 0.1) is 27.7 Å². The number of hydrogen-bond donors (Lipinski definition) is 1. The van der Waals surface area contributed by atoms with Crippen molar-refractivity contribution in [2.75, 3.05) is 5.32 Å². The van der Waals surface area contributed by atoms with Crippen LogP contribution in [-0.2, 0) is 0 Å². The molecule has 1 heterocycles. The maximum atomic E-state index is 12.7. The molecule has 2 aromatic carbocycles. The molecular formula is C20H19ClN2OS. The third-order valence-corrected chi connectivity index (χ3v) is 5.14. The first kappa shape index (κ1) is 17.6. The number of amides is 1. The van der Waals surface area contributed by atoms with Crippen LogP contribution in [0.5, 0.6) is 0 Å². The number of thiazole rings is 1. The monoisotopic (exact) mass is 370 g/mol. The topological polar surface area (TPSA) is 42.0 Å². The summed E-state index contributed by atoms with van der Waals surface area (Å²) in [6.45, 7) is 7.94. The van der Waals surface area contributed by atoms with E-state index in [-0.39, 0.29) is 5.91 Å². The Morgan fingerprint density at radius 3 is 2.40 bits per heavy atom. The van der Waals surface area contributed by atoms with E-state index in [2.05, 4.69) is 10.3 Å². The second-order valence-electron chi connectivity index (χ2n) is 6.16. The predicted molar refractivity (Wildman–Crippen MR) is 106 cm³/mol. The van der Waals surface area contributed by atoms with Crippen molar-refractivity contribution in [3.63, 3.8) is 0 Å². The third kappa shape index (κ3) is 3.75. The van der Waals surface area contributed by atoms with Crippen molar-refractivity contribution in [1.82, 2.24) is 4.98 Å². The first-order valence-corrected chi connectivity index (χ1v) is 9.17. The standard InChI is InChI=1S/C20H19ClN2OS/c1-11-8-12(2)17(13(3)9-11)19(24)23-20-22-18(14(4)25-20)15-6-5-7-16(21)10-15/h5-10H,1-4H3,(H,22,23,24). The molecule has 0 aliphatic heterocycles. The number of halogens is 1. The lowest BCUT2D eigenvalue weighted by molar-refractivity contribution is 0.102. The molecule has 1 amide bonds. The van der Waals surface area contributed by atoms with Crippen molar-refractivity contribution in [1.29, 1.82) is 0 Å². The van der Waals surface area contributed by atoms with Crippen LogP contribution in [0.15, 0.2) is 36.4 Å². The maximum Gasteiger partial charge on any atom is 0.257 e. The summed E-state index contributed by atoms with van der Waals surface area (Å²) in [5.74, 6) is -0.124. The van der Waals surface area contributed by atoms with Crippen LogP contribution in [0.2, 0.25) is 5.02 Å². The molecule has 128 valence electrons. The summed E-state index contributed by atoms with van der Waals surface area (Å²) in [5, 5.41) is 4.20. The maximum absolute atomic E-state index is 12.7. The number of carbonyl (C=O) groups is 1. The minimum absolute atomic E-state index is 0.124. The Bertz CT molecular complexity index is 939. The van der Waals surface area contributed by atoms with Gasteiger partial charge in [-0.1, -0.05) is 41.4 Å². The fourth-order valence-corrected chi connectivity index (χ4v) is 4.07. The van der Waals surface area contributed by atoms with Crippen LogP contribution >= 0.6 is 22.9 Å². The van der Waals surface area contributed by atoms with E-state index in [0.717, 1.165) is 32.8 Å². The molecule has 0 spiro atoms. The molecule has 0 aliphatic rings. The van der Waals surface area contributed by atoms with Gasteiger partial charge in [-0.25, -0.2) is 4.98 Å². The molecule has 0 saturated heterocycles. The van der Waals surface area contributed by atoms with Gasteiger partial charge in [-0.15, -0.1) is 11.3 Å². The number of hydrogen-bond acceptors (Lipinski definition) is 3. The third-order valence-electron chi connectivity index (χ3n) is 4.02. The largest absolute Gasteiger partial charge is 0.298 e. The van der Waals surface area contributed by atoms with Gasteiger partial charge >= 0.3 is 0 Å². The number of aryl methyl sites for hydroxylation is 4.